The van der Waals surface area contributed by atoms with Gasteiger partial charge in [-0.1, -0.05) is 149 Å². The highest BCUT2D eigenvalue weighted by Crippen LogP contribution is 2.62. The van der Waals surface area contributed by atoms with Crippen LogP contribution >= 0.6 is 0 Å². The Morgan fingerprint density at radius 1 is 0.418 bits per heavy atom. The van der Waals surface area contributed by atoms with Crippen LogP contribution in [-0.4, -0.2) is 6.04 Å². The molecule has 0 N–H and O–H groups in total. The lowest BCUT2D eigenvalue weighted by atomic mass is 9.66. The molecule has 3 nitrogen and oxygen atoms in total. The van der Waals surface area contributed by atoms with Gasteiger partial charge in [0.2, 0.25) is 0 Å². The van der Waals surface area contributed by atoms with Crippen molar-refractivity contribution in [3.05, 3.63) is 197 Å². The van der Waals surface area contributed by atoms with E-state index in [4.69, 9.17) is 0 Å². The van der Waals surface area contributed by atoms with Crippen LogP contribution < -0.4 is 14.7 Å². The van der Waals surface area contributed by atoms with Crippen LogP contribution in [0.5, 0.6) is 0 Å². The van der Waals surface area contributed by atoms with Crippen LogP contribution in [0, 0.1) is 5.92 Å². The van der Waals surface area contributed by atoms with Crippen molar-refractivity contribution < 1.29 is 0 Å². The molecule has 6 aromatic carbocycles. The molecule has 0 bridgehead atoms. The van der Waals surface area contributed by atoms with Gasteiger partial charge in [0.1, 0.15) is 0 Å². The Balaban J connectivity index is 1.17. The van der Waals surface area contributed by atoms with Gasteiger partial charge in [-0.15, -0.1) is 0 Å². The van der Waals surface area contributed by atoms with E-state index in [9.17, 15) is 0 Å². The predicted molar refractivity (Wildman–Crippen MR) is 232 cm³/mol. The number of allylic oxidation sites excluding steroid dienone is 2. The molecule has 0 fully saturated rings. The molecule has 5 aliphatic rings. The zero-order valence-corrected chi connectivity index (χ0v) is 31.7. The second-order valence-electron chi connectivity index (χ2n) is 16.6. The third kappa shape index (κ3) is 4.56. The van der Waals surface area contributed by atoms with Crippen LogP contribution in [-0.2, 0) is 10.8 Å². The van der Waals surface area contributed by atoms with Crippen LogP contribution in [0.15, 0.2) is 158 Å². The van der Waals surface area contributed by atoms with E-state index in [1.807, 2.05) is 0 Å². The van der Waals surface area contributed by atoms with Crippen molar-refractivity contribution in [1.29, 1.82) is 0 Å². The highest BCUT2D eigenvalue weighted by molar-refractivity contribution is 5.97. The van der Waals surface area contributed by atoms with Gasteiger partial charge >= 0.3 is 0 Å². The molecule has 0 saturated carbocycles. The first kappa shape index (κ1) is 32.1. The molecular formula is C52H43N3. The topological polar surface area (TPSA) is 9.72 Å². The third-order valence-corrected chi connectivity index (χ3v) is 12.9. The summed E-state index contributed by atoms with van der Waals surface area (Å²) in [5.41, 5.74) is 18.3. The van der Waals surface area contributed by atoms with Gasteiger partial charge in [0, 0.05) is 33.8 Å². The van der Waals surface area contributed by atoms with Gasteiger partial charge < -0.3 is 14.7 Å². The molecule has 266 valence electrons. The summed E-state index contributed by atoms with van der Waals surface area (Å²) < 4.78 is 0. The lowest BCUT2D eigenvalue weighted by Gasteiger charge is -2.50. The monoisotopic (exact) mass is 709 g/mol. The van der Waals surface area contributed by atoms with Gasteiger partial charge in [0.25, 0.3) is 0 Å². The molecule has 4 heterocycles. The number of hydrogen-bond donors (Lipinski definition) is 0. The van der Waals surface area contributed by atoms with E-state index in [1.165, 1.54) is 78.8 Å². The Morgan fingerprint density at radius 2 is 0.945 bits per heavy atom. The number of fused-ring (bicyclic) bond motifs is 8. The van der Waals surface area contributed by atoms with E-state index in [1.54, 1.807) is 0 Å². The number of hydrogen-bond acceptors (Lipinski definition) is 3. The summed E-state index contributed by atoms with van der Waals surface area (Å²) in [6, 6.07) is 47.9. The minimum atomic E-state index is -0.321. The number of anilines is 8. The fourth-order valence-electron chi connectivity index (χ4n) is 10.0. The highest BCUT2D eigenvalue weighted by atomic mass is 15.2. The molecule has 0 saturated heterocycles. The smallest absolute Gasteiger partial charge is 0.0623 e. The first-order chi connectivity index (χ1) is 26.8. The first-order valence-corrected chi connectivity index (χ1v) is 19.6. The lowest BCUT2D eigenvalue weighted by Crippen LogP contribution is -2.40. The molecule has 0 radical (unpaired) electrons. The van der Waals surface area contributed by atoms with E-state index in [0.29, 0.717) is 0 Å². The molecule has 3 heteroatoms. The van der Waals surface area contributed by atoms with Gasteiger partial charge in [-0.2, -0.15) is 0 Å². The summed E-state index contributed by atoms with van der Waals surface area (Å²) in [6.45, 7) is 9.71. The standard InChI is InChI=1S/C52H43N3/c1-51(2)40-19-9-14-24-48(40)55-49-30-29-38(53-44-20-10-5-15-34(44)25-26-35-16-6-11-21-45(35)53)31-41(49)52(3,4)43-33-39(32-42(51)50(43)55)54-46-22-12-7-17-36(46)27-28-37-18-8-13-23-47(37)54/h5-33,36,46H,1-4H3. The average Bonchev–Trinajstić information content (AvgIpc) is 3.49. The van der Waals surface area contributed by atoms with Crippen molar-refractivity contribution in [2.45, 2.75) is 44.6 Å². The van der Waals surface area contributed by atoms with Gasteiger partial charge in [-0.3, -0.25) is 0 Å². The molecule has 1 aliphatic carbocycles. The summed E-state index contributed by atoms with van der Waals surface area (Å²) in [4.78, 5) is 7.64. The van der Waals surface area contributed by atoms with Gasteiger partial charge in [-0.25, -0.2) is 0 Å². The highest BCUT2D eigenvalue weighted by Gasteiger charge is 2.47. The van der Waals surface area contributed by atoms with Crippen molar-refractivity contribution in [1.82, 2.24) is 0 Å². The predicted octanol–water partition coefficient (Wildman–Crippen LogP) is 13.7. The van der Waals surface area contributed by atoms with Crippen molar-refractivity contribution >= 4 is 63.7 Å². The van der Waals surface area contributed by atoms with Crippen LogP contribution in [0.2, 0.25) is 0 Å². The number of benzene rings is 6. The zero-order chi connectivity index (χ0) is 37.1. The summed E-state index contributed by atoms with van der Waals surface area (Å²) in [7, 11) is 0. The van der Waals surface area contributed by atoms with Crippen LogP contribution in [0.4, 0.5) is 45.5 Å². The molecule has 0 aromatic heterocycles. The SMILES string of the molecule is CC1(C)c2ccccc2N2c3ccc(N4c5ccccc5C=Cc5ccccc54)cc3C(C)(C)c3cc(N4c5ccccc5C=CC5C=CC=CC54)cc1c32. The normalized spacial score (nSPS) is 19.9. The number of nitrogens with zero attached hydrogens (tertiary/aromatic N) is 3. The Kier molecular flexibility index (Phi) is 6.77. The average molecular weight is 710 g/mol. The Bertz CT molecular complexity index is 2650. The van der Waals surface area contributed by atoms with Crippen molar-refractivity contribution in [3.63, 3.8) is 0 Å². The summed E-state index contributed by atoms with van der Waals surface area (Å²) in [5.74, 6) is 0.264. The Labute approximate surface area is 324 Å². The summed E-state index contributed by atoms with van der Waals surface area (Å²) in [5, 5.41) is 0. The van der Waals surface area contributed by atoms with E-state index in [0.717, 1.165) is 5.69 Å². The summed E-state index contributed by atoms with van der Waals surface area (Å²) in [6.07, 6.45) is 18.3. The van der Waals surface area contributed by atoms with E-state index in [-0.39, 0.29) is 22.8 Å². The fraction of sp³-hybridized carbons (Fsp3) is 0.154. The van der Waals surface area contributed by atoms with Gasteiger partial charge in [0.15, 0.2) is 0 Å². The maximum absolute atomic E-state index is 2.61. The Morgan fingerprint density at radius 3 is 1.64 bits per heavy atom. The van der Waals surface area contributed by atoms with Crippen molar-refractivity contribution in [3.8, 4) is 0 Å². The number of para-hydroxylation sites is 4. The van der Waals surface area contributed by atoms with Crippen LogP contribution in [0.25, 0.3) is 18.2 Å². The number of rotatable bonds is 2. The molecular weight excluding hydrogens is 667 g/mol. The molecule has 6 aromatic rings. The van der Waals surface area contributed by atoms with E-state index in [2.05, 4.69) is 218 Å². The van der Waals surface area contributed by atoms with E-state index < -0.39 is 0 Å². The molecule has 0 spiro atoms. The van der Waals surface area contributed by atoms with Gasteiger partial charge in [-0.05, 0) is 93.5 Å². The molecule has 11 rings (SSSR count). The minimum absolute atomic E-state index is 0.160. The second-order valence-corrected chi connectivity index (χ2v) is 16.6. The molecule has 2 unspecified atom stereocenters. The van der Waals surface area contributed by atoms with Crippen molar-refractivity contribution in [2.24, 2.45) is 5.92 Å². The lowest BCUT2D eigenvalue weighted by molar-refractivity contribution is 0.595. The third-order valence-electron chi connectivity index (χ3n) is 12.9. The maximum atomic E-state index is 2.61. The largest absolute Gasteiger partial charge is 0.333 e. The van der Waals surface area contributed by atoms with Crippen LogP contribution in [0.3, 0.4) is 0 Å². The van der Waals surface area contributed by atoms with E-state index >= 15 is 0 Å². The maximum Gasteiger partial charge on any atom is 0.0623 e. The van der Waals surface area contributed by atoms with Crippen LogP contribution in [0.1, 0.15) is 66.6 Å². The summed E-state index contributed by atoms with van der Waals surface area (Å²) >= 11 is 0. The molecule has 55 heavy (non-hydrogen) atoms. The van der Waals surface area contributed by atoms with Crippen molar-refractivity contribution in [2.75, 3.05) is 14.7 Å². The zero-order valence-electron chi connectivity index (χ0n) is 31.7. The second kappa shape index (κ2) is 11.6. The fourth-order valence-corrected chi connectivity index (χ4v) is 10.0. The van der Waals surface area contributed by atoms with Gasteiger partial charge in [0.05, 0.1) is 34.5 Å². The first-order valence-electron chi connectivity index (χ1n) is 19.6. The molecule has 4 aliphatic heterocycles. The Hall–Kier alpha value is -6.32. The molecule has 0 amide bonds. The quantitative estimate of drug-likeness (QED) is 0.177. The molecule has 2 atom stereocenters. The minimum Gasteiger partial charge on any atom is -0.333 e.